The van der Waals surface area contributed by atoms with Gasteiger partial charge in [-0.3, -0.25) is 4.39 Å². The minimum absolute atomic E-state index is 0.597. The molecule has 0 fully saturated rings. The lowest BCUT2D eigenvalue weighted by molar-refractivity contribution is 0.419. The van der Waals surface area contributed by atoms with Crippen LogP contribution in [-0.2, 0) is 0 Å². The third-order valence-corrected chi connectivity index (χ3v) is 3.78. The molecule has 70 valence electrons. The SMILES string of the molecule is C=CCCC(F)[SiH2]c1ccccc1. The maximum absolute atomic E-state index is 13.3. The summed E-state index contributed by atoms with van der Waals surface area (Å²) < 4.78 is 13.3. The molecule has 1 aromatic rings. The second-order valence-electron chi connectivity index (χ2n) is 3.15. The Morgan fingerprint density at radius 1 is 1.38 bits per heavy atom. The monoisotopic (exact) mass is 194 g/mol. The van der Waals surface area contributed by atoms with Crippen LogP contribution in [0.5, 0.6) is 0 Å². The van der Waals surface area contributed by atoms with Gasteiger partial charge in [0.25, 0.3) is 0 Å². The summed E-state index contributed by atoms with van der Waals surface area (Å²) in [5, 5.41) is 1.21. The highest BCUT2D eigenvalue weighted by molar-refractivity contribution is 6.54. The first-order chi connectivity index (χ1) is 6.33. The van der Waals surface area contributed by atoms with E-state index in [0.29, 0.717) is 6.42 Å². The van der Waals surface area contributed by atoms with Crippen LogP contribution in [0, 0.1) is 0 Å². The molecule has 0 saturated heterocycles. The summed E-state index contributed by atoms with van der Waals surface area (Å²) in [6, 6.07) is 9.96. The van der Waals surface area contributed by atoms with Gasteiger partial charge < -0.3 is 0 Å². The Morgan fingerprint density at radius 2 is 2.08 bits per heavy atom. The molecule has 13 heavy (non-hydrogen) atoms. The molecule has 0 aromatic heterocycles. The summed E-state index contributed by atoms with van der Waals surface area (Å²) in [4.78, 5) is 0. The van der Waals surface area contributed by atoms with E-state index in [2.05, 4.69) is 6.58 Å². The van der Waals surface area contributed by atoms with Gasteiger partial charge in [-0.25, -0.2) is 0 Å². The van der Waals surface area contributed by atoms with Gasteiger partial charge in [-0.05, 0) is 12.8 Å². The first kappa shape index (κ1) is 10.2. The molecule has 0 radical (unpaired) electrons. The van der Waals surface area contributed by atoms with Crippen molar-refractivity contribution >= 4 is 14.7 Å². The fourth-order valence-corrected chi connectivity index (χ4v) is 2.77. The Labute approximate surface area is 81.3 Å². The zero-order valence-electron chi connectivity index (χ0n) is 7.75. The molecule has 0 N–H and O–H groups in total. The number of halogens is 1. The number of hydrogen-bond acceptors (Lipinski definition) is 0. The molecule has 1 unspecified atom stereocenters. The van der Waals surface area contributed by atoms with Crippen molar-refractivity contribution in [1.29, 1.82) is 0 Å². The van der Waals surface area contributed by atoms with Crippen LogP contribution in [0.25, 0.3) is 0 Å². The van der Waals surface area contributed by atoms with Gasteiger partial charge >= 0.3 is 0 Å². The topological polar surface area (TPSA) is 0 Å². The summed E-state index contributed by atoms with van der Waals surface area (Å²) in [5.41, 5.74) is 0. The first-order valence-electron chi connectivity index (χ1n) is 4.62. The van der Waals surface area contributed by atoms with E-state index < -0.39 is 15.3 Å². The summed E-state index contributed by atoms with van der Waals surface area (Å²) in [7, 11) is -0.722. The Kier molecular flexibility index (Phi) is 4.47. The normalized spacial score (nSPS) is 13.3. The molecule has 1 aromatic carbocycles. The van der Waals surface area contributed by atoms with E-state index in [9.17, 15) is 4.39 Å². The number of alkyl halides is 1. The van der Waals surface area contributed by atoms with Crippen LogP contribution in [0.2, 0.25) is 0 Å². The molecule has 0 bridgehead atoms. The van der Waals surface area contributed by atoms with Gasteiger partial charge in [0.2, 0.25) is 0 Å². The lowest BCUT2D eigenvalue weighted by Gasteiger charge is -2.05. The summed E-state index contributed by atoms with van der Waals surface area (Å²) in [5.74, 6) is -0.597. The van der Waals surface area contributed by atoms with Crippen LogP contribution < -0.4 is 5.19 Å². The van der Waals surface area contributed by atoms with Crippen molar-refractivity contribution in [2.24, 2.45) is 0 Å². The van der Waals surface area contributed by atoms with Crippen molar-refractivity contribution in [1.82, 2.24) is 0 Å². The molecule has 1 rings (SSSR count). The second-order valence-corrected chi connectivity index (χ2v) is 5.26. The van der Waals surface area contributed by atoms with Gasteiger partial charge in [-0.1, -0.05) is 41.6 Å². The van der Waals surface area contributed by atoms with Crippen molar-refractivity contribution in [2.75, 3.05) is 0 Å². The van der Waals surface area contributed by atoms with Crippen molar-refractivity contribution in [2.45, 2.75) is 18.6 Å². The van der Waals surface area contributed by atoms with Crippen LogP contribution in [0.4, 0.5) is 4.39 Å². The third-order valence-electron chi connectivity index (χ3n) is 1.98. The van der Waals surface area contributed by atoms with E-state index >= 15 is 0 Å². The number of allylic oxidation sites excluding steroid dienone is 1. The average molecular weight is 194 g/mol. The quantitative estimate of drug-likeness (QED) is 0.495. The molecule has 0 aliphatic heterocycles. The number of rotatable bonds is 5. The maximum Gasteiger partial charge on any atom is 0.0954 e. The highest BCUT2D eigenvalue weighted by Crippen LogP contribution is 2.00. The molecule has 1 atom stereocenters. The van der Waals surface area contributed by atoms with Crippen LogP contribution in [0.15, 0.2) is 43.0 Å². The molecule has 0 amide bonds. The molecular formula is C11H15FSi. The Hall–Kier alpha value is -0.893. The Balaban J connectivity index is 2.36. The second kappa shape index (κ2) is 5.70. The van der Waals surface area contributed by atoms with Crippen LogP contribution in [0.1, 0.15) is 12.8 Å². The minimum atomic E-state index is -0.722. The number of benzene rings is 1. The van der Waals surface area contributed by atoms with E-state index in [1.807, 2.05) is 30.3 Å². The van der Waals surface area contributed by atoms with Crippen molar-refractivity contribution in [3.8, 4) is 0 Å². The average Bonchev–Trinajstić information content (AvgIpc) is 2.16. The highest BCUT2D eigenvalue weighted by atomic mass is 28.2. The van der Waals surface area contributed by atoms with Crippen molar-refractivity contribution < 1.29 is 4.39 Å². The molecule has 2 heteroatoms. The third kappa shape index (κ3) is 4.04. The van der Waals surface area contributed by atoms with Gasteiger partial charge in [-0.15, -0.1) is 6.58 Å². The molecule has 0 saturated carbocycles. The summed E-state index contributed by atoms with van der Waals surface area (Å²) in [6.45, 7) is 3.59. The molecule has 0 heterocycles. The first-order valence-corrected chi connectivity index (χ1v) is 6.14. The van der Waals surface area contributed by atoms with Gasteiger partial charge in [-0.2, -0.15) is 0 Å². The summed E-state index contributed by atoms with van der Waals surface area (Å²) >= 11 is 0. The van der Waals surface area contributed by atoms with Crippen LogP contribution in [-0.4, -0.2) is 15.3 Å². The van der Waals surface area contributed by atoms with Gasteiger partial charge in [0, 0.05) is 0 Å². The summed E-state index contributed by atoms with van der Waals surface area (Å²) in [6.07, 6.45) is 3.22. The number of hydrogen-bond donors (Lipinski definition) is 0. The minimum Gasteiger partial charge on any atom is -0.252 e. The molecule has 0 nitrogen and oxygen atoms in total. The fraction of sp³-hybridized carbons (Fsp3) is 0.273. The Morgan fingerprint density at radius 3 is 2.69 bits per heavy atom. The molecule has 0 spiro atoms. The smallest absolute Gasteiger partial charge is 0.0954 e. The largest absolute Gasteiger partial charge is 0.252 e. The van der Waals surface area contributed by atoms with E-state index in [-0.39, 0.29) is 0 Å². The van der Waals surface area contributed by atoms with Crippen molar-refractivity contribution in [3.05, 3.63) is 43.0 Å². The van der Waals surface area contributed by atoms with Gasteiger partial charge in [0.15, 0.2) is 0 Å². The molecule has 0 aliphatic rings. The van der Waals surface area contributed by atoms with E-state index in [4.69, 9.17) is 0 Å². The molecule has 0 aliphatic carbocycles. The van der Waals surface area contributed by atoms with Gasteiger partial charge in [0.05, 0.1) is 15.3 Å². The van der Waals surface area contributed by atoms with Crippen LogP contribution >= 0.6 is 0 Å². The Bertz CT molecular complexity index is 246. The fourth-order valence-electron chi connectivity index (χ4n) is 1.27. The van der Waals surface area contributed by atoms with E-state index in [1.165, 1.54) is 5.19 Å². The zero-order chi connectivity index (χ0) is 9.52. The zero-order valence-corrected chi connectivity index (χ0v) is 9.16. The van der Waals surface area contributed by atoms with E-state index in [0.717, 1.165) is 6.42 Å². The predicted octanol–water partition coefficient (Wildman–Crippen LogP) is 1.74. The molecular weight excluding hydrogens is 179 g/mol. The van der Waals surface area contributed by atoms with Gasteiger partial charge in [0.1, 0.15) is 0 Å². The predicted molar refractivity (Wildman–Crippen MR) is 58.9 cm³/mol. The van der Waals surface area contributed by atoms with Crippen LogP contribution in [0.3, 0.4) is 0 Å². The lowest BCUT2D eigenvalue weighted by atomic mass is 10.3. The van der Waals surface area contributed by atoms with E-state index in [1.54, 1.807) is 6.08 Å². The highest BCUT2D eigenvalue weighted by Gasteiger charge is 2.06. The lowest BCUT2D eigenvalue weighted by Crippen LogP contribution is -2.24. The standard InChI is InChI=1S/C11H15FSi/c1-2-3-9-11(12)13-10-7-5-4-6-8-10/h2,4-8,11H,1,3,9,13H2. The maximum atomic E-state index is 13.3. The van der Waals surface area contributed by atoms with Crippen molar-refractivity contribution in [3.63, 3.8) is 0 Å².